The molecule has 0 radical (unpaired) electrons. The van der Waals surface area contributed by atoms with Crippen LogP contribution in [0.25, 0.3) is 0 Å². The standard InChI is InChI=1S/C31H39N3O6/c1-30(9-4-10-30)17-33-28(36)25-18-5-6-19(13-18)26(25)34-27(35)22-15-23(20(16-32)14-24(22)39-3)40-21-7-11-31(2,12-8-21)29(37)38/h5-6,14-15,18-19,21,25-26H,4,7-13,17H2,1-3H3,(H,33,36)(H,34,35)(H,37,38). The molecule has 3 saturated carbocycles. The summed E-state index contributed by atoms with van der Waals surface area (Å²) >= 11 is 0. The van der Waals surface area contributed by atoms with Crippen LogP contribution < -0.4 is 20.1 Å². The SMILES string of the molecule is COc1cc(C#N)c(OC2CCC(C)(C(=O)O)CC2)cc1C(=O)NC1C2C=CC(C2)C1C(=O)NCC1(C)CCC1. The second kappa shape index (κ2) is 10.8. The summed E-state index contributed by atoms with van der Waals surface area (Å²) < 4.78 is 11.7. The first-order valence-electron chi connectivity index (χ1n) is 14.3. The topological polar surface area (TPSA) is 138 Å². The number of benzene rings is 1. The van der Waals surface area contributed by atoms with Crippen LogP contribution in [0.1, 0.15) is 81.1 Å². The number of allylic oxidation sites excluding steroid dienone is 1. The molecule has 9 nitrogen and oxygen atoms in total. The van der Waals surface area contributed by atoms with E-state index in [2.05, 4.69) is 35.8 Å². The van der Waals surface area contributed by atoms with Crippen LogP contribution in [0.2, 0.25) is 0 Å². The molecule has 3 fully saturated rings. The van der Waals surface area contributed by atoms with Crippen molar-refractivity contribution < 1.29 is 29.0 Å². The number of nitrogens with one attached hydrogen (secondary N) is 2. The molecule has 214 valence electrons. The van der Waals surface area contributed by atoms with Gasteiger partial charge >= 0.3 is 5.97 Å². The number of aliphatic carboxylic acids is 1. The molecule has 0 aliphatic heterocycles. The van der Waals surface area contributed by atoms with E-state index in [0.29, 0.717) is 32.2 Å². The molecule has 4 aliphatic carbocycles. The van der Waals surface area contributed by atoms with Crippen molar-refractivity contribution in [2.24, 2.45) is 28.6 Å². The lowest BCUT2D eigenvalue weighted by molar-refractivity contribution is -0.150. The van der Waals surface area contributed by atoms with Gasteiger partial charge in [0.05, 0.1) is 35.7 Å². The third kappa shape index (κ3) is 5.28. The van der Waals surface area contributed by atoms with Crippen LogP contribution in [0.4, 0.5) is 0 Å². The minimum atomic E-state index is -0.813. The number of ether oxygens (including phenoxy) is 2. The highest BCUT2D eigenvalue weighted by molar-refractivity contribution is 5.98. The van der Waals surface area contributed by atoms with E-state index in [9.17, 15) is 24.8 Å². The smallest absolute Gasteiger partial charge is 0.309 e. The number of rotatable bonds is 9. The first kappa shape index (κ1) is 28.0. The fourth-order valence-corrected chi connectivity index (χ4v) is 6.81. The number of nitriles is 1. The van der Waals surface area contributed by atoms with Gasteiger partial charge < -0.3 is 25.2 Å². The number of methoxy groups -OCH3 is 1. The quantitative estimate of drug-likeness (QED) is 0.393. The highest BCUT2D eigenvalue weighted by atomic mass is 16.5. The average molecular weight is 550 g/mol. The molecule has 0 heterocycles. The number of hydrogen-bond acceptors (Lipinski definition) is 6. The zero-order chi connectivity index (χ0) is 28.7. The van der Waals surface area contributed by atoms with Crippen LogP contribution in [0.3, 0.4) is 0 Å². The van der Waals surface area contributed by atoms with E-state index in [1.165, 1.54) is 25.7 Å². The Balaban J connectivity index is 1.31. The van der Waals surface area contributed by atoms with Gasteiger partial charge in [0, 0.05) is 18.7 Å². The lowest BCUT2D eigenvalue weighted by atomic mass is 9.70. The van der Waals surface area contributed by atoms with Gasteiger partial charge in [0.2, 0.25) is 5.91 Å². The lowest BCUT2D eigenvalue weighted by Gasteiger charge is -2.39. The van der Waals surface area contributed by atoms with Crippen LogP contribution >= 0.6 is 0 Å². The van der Waals surface area contributed by atoms with Crippen molar-refractivity contribution in [2.45, 2.75) is 77.4 Å². The number of carbonyl (C=O) groups is 3. The van der Waals surface area contributed by atoms with Crippen LogP contribution in [-0.4, -0.2) is 48.7 Å². The van der Waals surface area contributed by atoms with Crippen LogP contribution in [0, 0.1) is 39.9 Å². The Morgan fingerprint density at radius 2 is 1.77 bits per heavy atom. The molecule has 0 aromatic heterocycles. The van der Waals surface area contributed by atoms with E-state index in [-0.39, 0.29) is 69.8 Å². The van der Waals surface area contributed by atoms with E-state index in [1.807, 2.05) is 0 Å². The molecule has 40 heavy (non-hydrogen) atoms. The summed E-state index contributed by atoms with van der Waals surface area (Å²) in [6.45, 7) is 4.60. The summed E-state index contributed by atoms with van der Waals surface area (Å²) in [5.74, 6) is -0.863. The van der Waals surface area contributed by atoms with Gasteiger partial charge in [0.1, 0.15) is 17.6 Å². The van der Waals surface area contributed by atoms with Crippen molar-refractivity contribution in [2.75, 3.05) is 13.7 Å². The fraction of sp³-hybridized carbons (Fsp3) is 0.613. The molecular weight excluding hydrogens is 510 g/mol. The Morgan fingerprint density at radius 1 is 1.07 bits per heavy atom. The Morgan fingerprint density at radius 3 is 2.38 bits per heavy atom. The Bertz CT molecular complexity index is 1250. The molecule has 4 aliphatic rings. The molecule has 2 amide bonds. The first-order chi connectivity index (χ1) is 19.1. The van der Waals surface area contributed by atoms with Gasteiger partial charge in [-0.15, -0.1) is 0 Å². The van der Waals surface area contributed by atoms with E-state index in [0.717, 1.165) is 19.3 Å². The third-order valence-electron chi connectivity index (χ3n) is 9.82. The summed E-state index contributed by atoms with van der Waals surface area (Å²) in [5.41, 5.74) is -0.144. The maximum Gasteiger partial charge on any atom is 0.309 e. The monoisotopic (exact) mass is 549 g/mol. The van der Waals surface area contributed by atoms with Crippen molar-refractivity contribution in [1.82, 2.24) is 10.6 Å². The molecule has 1 aromatic carbocycles. The molecule has 5 rings (SSSR count). The van der Waals surface area contributed by atoms with Crippen molar-refractivity contribution in [1.29, 1.82) is 5.26 Å². The maximum atomic E-state index is 13.7. The molecule has 3 N–H and O–H groups in total. The van der Waals surface area contributed by atoms with E-state index in [4.69, 9.17) is 9.47 Å². The van der Waals surface area contributed by atoms with Crippen molar-refractivity contribution in [3.05, 3.63) is 35.4 Å². The van der Waals surface area contributed by atoms with Crippen molar-refractivity contribution in [3.63, 3.8) is 0 Å². The first-order valence-corrected chi connectivity index (χ1v) is 14.3. The highest BCUT2D eigenvalue weighted by Gasteiger charge is 2.49. The van der Waals surface area contributed by atoms with Gasteiger partial charge in [-0.25, -0.2) is 0 Å². The Hall–Kier alpha value is -3.54. The van der Waals surface area contributed by atoms with Crippen molar-refractivity contribution in [3.8, 4) is 17.6 Å². The van der Waals surface area contributed by atoms with Gasteiger partial charge in [-0.1, -0.05) is 25.5 Å². The molecule has 0 saturated heterocycles. The van der Waals surface area contributed by atoms with E-state index in [1.54, 1.807) is 6.92 Å². The predicted molar refractivity (Wildman–Crippen MR) is 147 cm³/mol. The van der Waals surface area contributed by atoms with Crippen LogP contribution in [0.5, 0.6) is 11.5 Å². The normalized spacial score (nSPS) is 31.5. The summed E-state index contributed by atoms with van der Waals surface area (Å²) in [4.78, 5) is 38.6. The minimum Gasteiger partial charge on any atom is -0.496 e. The number of carboxylic acid groups (broad SMARTS) is 1. The second-order valence-electron chi connectivity index (χ2n) is 12.7. The molecule has 0 spiro atoms. The van der Waals surface area contributed by atoms with E-state index >= 15 is 0 Å². The summed E-state index contributed by atoms with van der Waals surface area (Å²) in [7, 11) is 1.44. The number of fused-ring (bicyclic) bond motifs is 2. The summed E-state index contributed by atoms with van der Waals surface area (Å²) in [5, 5.41) is 25.6. The van der Waals surface area contributed by atoms with E-state index < -0.39 is 11.4 Å². The van der Waals surface area contributed by atoms with Gasteiger partial charge in [-0.3, -0.25) is 14.4 Å². The third-order valence-corrected chi connectivity index (χ3v) is 9.82. The number of carbonyl (C=O) groups excluding carboxylic acids is 2. The maximum absolute atomic E-state index is 13.7. The van der Waals surface area contributed by atoms with Gasteiger partial charge in [0.25, 0.3) is 5.91 Å². The molecule has 1 aromatic rings. The van der Waals surface area contributed by atoms with Gasteiger partial charge in [0.15, 0.2) is 0 Å². The number of hydrogen-bond donors (Lipinski definition) is 3. The summed E-state index contributed by atoms with van der Waals surface area (Å²) in [6, 6.07) is 4.81. The Kier molecular flexibility index (Phi) is 7.56. The van der Waals surface area contributed by atoms with Crippen molar-refractivity contribution >= 4 is 17.8 Å². The zero-order valence-corrected chi connectivity index (χ0v) is 23.5. The molecule has 9 heteroatoms. The predicted octanol–water partition coefficient (Wildman–Crippen LogP) is 4.21. The minimum absolute atomic E-state index is 0.0169. The summed E-state index contributed by atoms with van der Waals surface area (Å²) in [6.07, 6.45) is 10.2. The largest absolute Gasteiger partial charge is 0.496 e. The fourth-order valence-electron chi connectivity index (χ4n) is 6.81. The van der Waals surface area contributed by atoms with Gasteiger partial charge in [-0.2, -0.15) is 5.26 Å². The molecule has 4 atom stereocenters. The van der Waals surface area contributed by atoms with Crippen LogP contribution in [-0.2, 0) is 9.59 Å². The number of amides is 2. The lowest BCUT2D eigenvalue weighted by Crippen LogP contribution is -2.50. The second-order valence-corrected chi connectivity index (χ2v) is 12.7. The Labute approximate surface area is 235 Å². The van der Waals surface area contributed by atoms with Crippen LogP contribution in [0.15, 0.2) is 24.3 Å². The average Bonchev–Trinajstić information content (AvgIpc) is 3.53. The number of carboxylic acids is 1. The molecule has 2 bridgehead atoms. The highest BCUT2D eigenvalue weighted by Crippen LogP contribution is 2.45. The number of nitrogens with zero attached hydrogens (tertiary/aromatic N) is 1. The molecular formula is C31H39N3O6. The molecule has 4 unspecified atom stereocenters. The van der Waals surface area contributed by atoms with Gasteiger partial charge in [-0.05, 0) is 75.2 Å². The zero-order valence-electron chi connectivity index (χ0n) is 23.5.